The second-order valence-electron chi connectivity index (χ2n) is 6.27. The number of hydrogen-bond acceptors (Lipinski definition) is 3. The first-order chi connectivity index (χ1) is 12.8. The van der Waals surface area contributed by atoms with Gasteiger partial charge in [-0.15, -0.1) is 0 Å². The first-order valence-corrected chi connectivity index (χ1v) is 8.63. The number of nitrogens with one attached hydrogen (secondary N) is 2. The van der Waals surface area contributed by atoms with Crippen LogP contribution in [0.2, 0.25) is 0 Å². The number of imidazole rings is 1. The minimum absolute atomic E-state index is 0.00904. The quantitative estimate of drug-likeness (QED) is 0.338. The van der Waals surface area contributed by atoms with Gasteiger partial charge in [-0.25, -0.2) is 17.6 Å². The molecule has 3 rings (SSSR count). The summed E-state index contributed by atoms with van der Waals surface area (Å²) in [4.78, 5) is 14.9. The zero-order valence-electron chi connectivity index (χ0n) is 14.4. The van der Waals surface area contributed by atoms with Crippen molar-refractivity contribution in [1.82, 2.24) is 14.9 Å². The third-order valence-corrected chi connectivity index (χ3v) is 4.86. The third-order valence-electron chi connectivity index (χ3n) is 4.54. The number of amides is 1. The Morgan fingerprint density at radius 3 is 2.63 bits per heavy atom. The number of ether oxygens (including phenoxy) is 1. The Kier molecular flexibility index (Phi) is 5.66. The maximum absolute atomic E-state index is 14.1. The molecule has 0 saturated heterocycles. The highest BCUT2D eigenvalue weighted by Gasteiger charge is 2.33. The van der Waals surface area contributed by atoms with E-state index in [1.54, 1.807) is 4.57 Å². The summed E-state index contributed by atoms with van der Waals surface area (Å²) in [6.07, 6.45) is 0.0927. The van der Waals surface area contributed by atoms with Crippen LogP contribution in [0.15, 0.2) is 6.07 Å². The largest absolute Gasteiger partial charge is 0.383 e. The minimum atomic E-state index is -1.44. The van der Waals surface area contributed by atoms with E-state index >= 15 is 0 Å². The number of fused-ring (bicyclic) bond motifs is 1. The van der Waals surface area contributed by atoms with Gasteiger partial charge in [0.05, 0.1) is 13.0 Å². The lowest BCUT2D eigenvalue weighted by atomic mass is 9.94. The van der Waals surface area contributed by atoms with E-state index in [4.69, 9.17) is 17.0 Å². The summed E-state index contributed by atoms with van der Waals surface area (Å²) in [6.45, 7) is 0.766. The van der Waals surface area contributed by atoms with E-state index in [0.717, 1.165) is 0 Å². The van der Waals surface area contributed by atoms with Gasteiger partial charge in [-0.1, -0.05) is 0 Å². The van der Waals surface area contributed by atoms with E-state index in [2.05, 4.69) is 10.3 Å². The SMILES string of the molecule is COCCNC(=O)Cc1[nH]c(=S)n2c1C[C@H](c1c(F)c(F)cc(F)c1F)C2. The van der Waals surface area contributed by atoms with E-state index in [9.17, 15) is 22.4 Å². The van der Waals surface area contributed by atoms with Gasteiger partial charge in [0.1, 0.15) is 0 Å². The highest BCUT2D eigenvalue weighted by Crippen LogP contribution is 2.36. The van der Waals surface area contributed by atoms with Crippen LogP contribution in [0.5, 0.6) is 0 Å². The molecule has 146 valence electrons. The molecule has 0 radical (unpaired) electrons. The van der Waals surface area contributed by atoms with Gasteiger partial charge in [-0.2, -0.15) is 0 Å². The Bertz CT molecular complexity index is 915. The number of nitrogens with zero attached hydrogens (tertiary/aromatic N) is 1. The van der Waals surface area contributed by atoms with E-state index in [1.807, 2.05) is 0 Å². The van der Waals surface area contributed by atoms with Crippen LogP contribution in [0.25, 0.3) is 0 Å². The van der Waals surface area contributed by atoms with Gasteiger partial charge >= 0.3 is 0 Å². The molecule has 2 N–H and O–H groups in total. The molecular weight excluding hydrogens is 386 g/mol. The van der Waals surface area contributed by atoms with Crippen LogP contribution < -0.4 is 5.32 Å². The summed E-state index contributed by atoms with van der Waals surface area (Å²) in [6, 6.07) is 0.186. The van der Waals surface area contributed by atoms with E-state index in [0.29, 0.717) is 24.5 Å². The molecule has 2 heterocycles. The Labute approximate surface area is 157 Å². The van der Waals surface area contributed by atoms with E-state index < -0.39 is 34.8 Å². The number of carbonyl (C=O) groups is 1. The fraction of sp³-hybridized carbons (Fsp3) is 0.412. The topological polar surface area (TPSA) is 59.0 Å². The number of hydrogen-bond donors (Lipinski definition) is 2. The number of carbonyl (C=O) groups excluding carboxylic acids is 1. The summed E-state index contributed by atoms with van der Waals surface area (Å²) < 4.78 is 62.0. The Morgan fingerprint density at radius 1 is 1.33 bits per heavy atom. The van der Waals surface area contributed by atoms with Gasteiger partial charge in [0, 0.05) is 49.1 Å². The van der Waals surface area contributed by atoms with Crippen LogP contribution in [-0.4, -0.2) is 35.7 Å². The van der Waals surface area contributed by atoms with Crippen molar-refractivity contribution in [1.29, 1.82) is 0 Å². The molecule has 5 nitrogen and oxygen atoms in total. The number of benzene rings is 1. The van der Waals surface area contributed by atoms with Gasteiger partial charge in [-0.3, -0.25) is 4.79 Å². The van der Waals surface area contributed by atoms with Crippen molar-refractivity contribution in [3.8, 4) is 0 Å². The molecule has 1 atom stereocenters. The molecule has 0 spiro atoms. The van der Waals surface area contributed by atoms with Gasteiger partial charge in [0.2, 0.25) is 5.91 Å². The fourth-order valence-corrected chi connectivity index (χ4v) is 3.61. The number of halogens is 4. The predicted molar refractivity (Wildman–Crippen MR) is 90.9 cm³/mol. The second kappa shape index (κ2) is 7.81. The molecular formula is C17H17F4N3O2S. The van der Waals surface area contributed by atoms with Gasteiger partial charge < -0.3 is 19.6 Å². The lowest BCUT2D eigenvalue weighted by molar-refractivity contribution is -0.120. The molecule has 0 aliphatic carbocycles. The first-order valence-electron chi connectivity index (χ1n) is 8.22. The summed E-state index contributed by atoms with van der Waals surface area (Å²) >= 11 is 5.20. The maximum atomic E-state index is 14.1. The van der Waals surface area contributed by atoms with E-state index in [-0.39, 0.29) is 36.1 Å². The zero-order valence-corrected chi connectivity index (χ0v) is 15.2. The molecule has 1 aliphatic heterocycles. The highest BCUT2D eigenvalue weighted by atomic mass is 32.1. The van der Waals surface area contributed by atoms with Crippen LogP contribution >= 0.6 is 12.2 Å². The summed E-state index contributed by atoms with van der Waals surface area (Å²) in [5, 5.41) is 2.66. The number of aromatic amines is 1. The Hall–Kier alpha value is -2.20. The molecule has 0 bridgehead atoms. The summed E-state index contributed by atoms with van der Waals surface area (Å²) in [7, 11) is 1.51. The van der Waals surface area contributed by atoms with Crippen LogP contribution in [-0.2, 0) is 28.9 Å². The van der Waals surface area contributed by atoms with Crippen molar-refractivity contribution >= 4 is 18.1 Å². The van der Waals surface area contributed by atoms with Crippen molar-refractivity contribution in [3.05, 3.63) is 51.1 Å². The maximum Gasteiger partial charge on any atom is 0.226 e. The standard InChI is InChI=1S/C17H17F4N3O2S/c1-26-3-2-22-13(25)6-11-12-4-8(7-24(12)17(27)23-11)14-15(20)9(18)5-10(19)16(14)21/h5,8H,2-4,6-7H2,1H3,(H,22,25)(H,23,27)/t8-/m0/s1. The van der Waals surface area contributed by atoms with Gasteiger partial charge in [-0.05, 0) is 18.6 Å². The minimum Gasteiger partial charge on any atom is -0.383 e. The Balaban J connectivity index is 1.84. The fourth-order valence-electron chi connectivity index (χ4n) is 3.30. The Morgan fingerprint density at radius 2 is 2.00 bits per heavy atom. The number of methoxy groups -OCH3 is 1. The van der Waals surface area contributed by atoms with Crippen molar-refractivity contribution < 1.29 is 27.1 Å². The van der Waals surface area contributed by atoms with Crippen molar-refractivity contribution in [2.45, 2.75) is 25.3 Å². The van der Waals surface area contributed by atoms with Crippen LogP contribution in [0, 0.1) is 28.0 Å². The summed E-state index contributed by atoms with van der Waals surface area (Å²) in [5.41, 5.74) is 0.464. The molecule has 0 fully saturated rings. The van der Waals surface area contributed by atoms with Crippen LogP contribution in [0.3, 0.4) is 0 Å². The molecule has 0 saturated carbocycles. The third kappa shape index (κ3) is 3.77. The van der Waals surface area contributed by atoms with Crippen molar-refractivity contribution in [2.24, 2.45) is 0 Å². The van der Waals surface area contributed by atoms with Gasteiger partial charge in [0.25, 0.3) is 0 Å². The number of aromatic nitrogens is 2. The first kappa shape index (κ1) is 19.6. The average molecular weight is 403 g/mol. The highest BCUT2D eigenvalue weighted by molar-refractivity contribution is 7.71. The average Bonchev–Trinajstić information content (AvgIpc) is 3.15. The normalized spacial score (nSPS) is 15.8. The molecule has 2 aromatic rings. The lowest BCUT2D eigenvalue weighted by Gasteiger charge is -2.13. The molecule has 10 heteroatoms. The number of rotatable bonds is 6. The molecule has 0 unspecified atom stereocenters. The molecule has 1 aliphatic rings. The van der Waals surface area contributed by atoms with E-state index in [1.165, 1.54) is 7.11 Å². The van der Waals surface area contributed by atoms with Crippen LogP contribution in [0.1, 0.15) is 22.9 Å². The molecule has 1 amide bonds. The molecule has 27 heavy (non-hydrogen) atoms. The smallest absolute Gasteiger partial charge is 0.226 e. The van der Waals surface area contributed by atoms with Crippen LogP contribution in [0.4, 0.5) is 17.6 Å². The zero-order chi connectivity index (χ0) is 19.7. The van der Waals surface area contributed by atoms with Crippen molar-refractivity contribution in [2.75, 3.05) is 20.3 Å². The van der Waals surface area contributed by atoms with Crippen molar-refractivity contribution in [3.63, 3.8) is 0 Å². The lowest BCUT2D eigenvalue weighted by Crippen LogP contribution is -2.28. The number of H-pyrrole nitrogens is 1. The second-order valence-corrected chi connectivity index (χ2v) is 6.66. The monoisotopic (exact) mass is 403 g/mol. The summed E-state index contributed by atoms with van der Waals surface area (Å²) in [5.74, 6) is -6.79. The van der Waals surface area contributed by atoms with Gasteiger partial charge in [0.15, 0.2) is 28.0 Å². The predicted octanol–water partition coefficient (Wildman–Crippen LogP) is 2.75. The molecule has 1 aromatic heterocycles. The molecule has 1 aromatic carbocycles.